The molecule has 3 rings (SSSR count). The van der Waals surface area contributed by atoms with E-state index in [0.29, 0.717) is 6.54 Å². The van der Waals surface area contributed by atoms with E-state index in [1.54, 1.807) is 22.9 Å². The Labute approximate surface area is 134 Å². The zero-order valence-electron chi connectivity index (χ0n) is 13.1. The zero-order valence-corrected chi connectivity index (χ0v) is 13.1. The maximum absolute atomic E-state index is 11.0. The Morgan fingerprint density at radius 1 is 1.22 bits per heavy atom. The van der Waals surface area contributed by atoms with Crippen LogP contribution in [-0.4, -0.2) is 30.6 Å². The van der Waals surface area contributed by atoms with Gasteiger partial charge in [-0.05, 0) is 37.6 Å². The van der Waals surface area contributed by atoms with E-state index in [0.717, 1.165) is 29.1 Å². The predicted octanol–water partition coefficient (Wildman–Crippen LogP) is 2.82. The van der Waals surface area contributed by atoms with Crippen molar-refractivity contribution in [2.75, 3.05) is 0 Å². The average molecular weight is 310 g/mol. The number of carboxylic acid groups (broad SMARTS) is 1. The van der Waals surface area contributed by atoms with E-state index in [2.05, 4.69) is 10.2 Å². The minimum atomic E-state index is -0.921. The van der Waals surface area contributed by atoms with Crippen LogP contribution in [0.2, 0.25) is 0 Å². The molecule has 6 nitrogen and oxygen atoms in total. The van der Waals surface area contributed by atoms with Crippen molar-refractivity contribution in [2.45, 2.75) is 26.9 Å². The van der Waals surface area contributed by atoms with Crippen molar-refractivity contribution in [2.24, 2.45) is 0 Å². The summed E-state index contributed by atoms with van der Waals surface area (Å²) < 4.78 is 3.69. The van der Waals surface area contributed by atoms with Gasteiger partial charge < -0.3 is 5.11 Å². The first-order valence-corrected chi connectivity index (χ1v) is 7.47. The van der Waals surface area contributed by atoms with E-state index in [1.165, 1.54) is 0 Å². The Morgan fingerprint density at radius 2 is 2.04 bits per heavy atom. The molecule has 0 spiro atoms. The maximum atomic E-state index is 11.0. The molecule has 0 saturated heterocycles. The summed E-state index contributed by atoms with van der Waals surface area (Å²) in [6.07, 6.45) is 3.89. The zero-order chi connectivity index (χ0) is 16.4. The molecule has 0 radical (unpaired) electrons. The van der Waals surface area contributed by atoms with Crippen LogP contribution in [0.5, 0.6) is 0 Å². The van der Waals surface area contributed by atoms with Crippen LogP contribution in [0.15, 0.2) is 42.7 Å². The Morgan fingerprint density at radius 3 is 2.74 bits per heavy atom. The quantitative estimate of drug-likeness (QED) is 0.786. The fourth-order valence-electron chi connectivity index (χ4n) is 2.51. The highest BCUT2D eigenvalue weighted by Gasteiger charge is 2.10. The van der Waals surface area contributed by atoms with E-state index < -0.39 is 5.97 Å². The van der Waals surface area contributed by atoms with Gasteiger partial charge in [0.2, 0.25) is 0 Å². The number of benzene rings is 1. The van der Waals surface area contributed by atoms with Crippen molar-refractivity contribution in [3.05, 3.63) is 59.5 Å². The molecule has 1 aromatic carbocycles. The number of nitrogens with zero attached hydrogens (tertiary/aromatic N) is 4. The fraction of sp³-hybridized carbons (Fsp3) is 0.235. The van der Waals surface area contributed by atoms with Crippen LogP contribution >= 0.6 is 0 Å². The van der Waals surface area contributed by atoms with Crippen LogP contribution in [-0.2, 0) is 13.1 Å². The molecule has 0 aliphatic rings. The first-order chi connectivity index (χ1) is 11.1. The van der Waals surface area contributed by atoms with Crippen LogP contribution in [0.25, 0.3) is 11.3 Å². The van der Waals surface area contributed by atoms with E-state index in [9.17, 15) is 4.79 Å². The van der Waals surface area contributed by atoms with Gasteiger partial charge in [-0.2, -0.15) is 10.2 Å². The number of hydrogen-bond donors (Lipinski definition) is 1. The molecular weight excluding hydrogens is 292 g/mol. The molecule has 0 saturated carbocycles. The summed E-state index contributed by atoms with van der Waals surface area (Å²) >= 11 is 0. The number of carbonyl (C=O) groups is 1. The molecule has 3 aromatic rings. The van der Waals surface area contributed by atoms with Gasteiger partial charge in [-0.25, -0.2) is 4.79 Å². The standard InChI is InChI=1S/C17H18N4O2/c1-3-20-11-15(12(2)18-20)16-7-8-21(19-16)10-13-5-4-6-14(9-13)17(22)23/h4-9,11H,3,10H2,1-2H3,(H,22,23). The molecule has 0 amide bonds. The summed E-state index contributed by atoms with van der Waals surface area (Å²) in [5.41, 5.74) is 4.03. The van der Waals surface area contributed by atoms with Crippen molar-refractivity contribution >= 4 is 5.97 Å². The van der Waals surface area contributed by atoms with Gasteiger partial charge in [0.1, 0.15) is 0 Å². The summed E-state index contributed by atoms with van der Waals surface area (Å²) in [6, 6.07) is 8.85. The Bertz CT molecular complexity index is 848. The van der Waals surface area contributed by atoms with E-state index >= 15 is 0 Å². The summed E-state index contributed by atoms with van der Waals surface area (Å²) in [5.74, 6) is -0.921. The van der Waals surface area contributed by atoms with Crippen molar-refractivity contribution in [3.8, 4) is 11.3 Å². The summed E-state index contributed by atoms with van der Waals surface area (Å²) in [7, 11) is 0. The molecule has 0 fully saturated rings. The van der Waals surface area contributed by atoms with Crippen molar-refractivity contribution < 1.29 is 9.90 Å². The van der Waals surface area contributed by atoms with Crippen LogP contribution in [0.1, 0.15) is 28.5 Å². The molecule has 2 heterocycles. The van der Waals surface area contributed by atoms with Crippen molar-refractivity contribution in [1.29, 1.82) is 0 Å². The van der Waals surface area contributed by atoms with Gasteiger partial charge >= 0.3 is 5.97 Å². The highest BCUT2D eigenvalue weighted by molar-refractivity contribution is 5.87. The number of hydrogen-bond acceptors (Lipinski definition) is 3. The molecule has 0 atom stereocenters. The SMILES string of the molecule is CCn1cc(-c2ccn(Cc3cccc(C(=O)O)c3)n2)c(C)n1. The lowest BCUT2D eigenvalue weighted by molar-refractivity contribution is 0.0696. The summed E-state index contributed by atoms with van der Waals surface area (Å²) in [6.45, 7) is 5.37. The number of rotatable bonds is 5. The molecule has 118 valence electrons. The number of aryl methyl sites for hydroxylation is 2. The monoisotopic (exact) mass is 310 g/mol. The smallest absolute Gasteiger partial charge is 0.335 e. The molecule has 0 aliphatic carbocycles. The highest BCUT2D eigenvalue weighted by Crippen LogP contribution is 2.20. The second-order valence-corrected chi connectivity index (χ2v) is 5.39. The number of aromatic nitrogens is 4. The van der Waals surface area contributed by atoms with Crippen LogP contribution in [0.3, 0.4) is 0 Å². The molecule has 0 unspecified atom stereocenters. The average Bonchev–Trinajstić information content (AvgIpc) is 3.13. The highest BCUT2D eigenvalue weighted by atomic mass is 16.4. The lowest BCUT2D eigenvalue weighted by Crippen LogP contribution is -2.03. The lowest BCUT2D eigenvalue weighted by Gasteiger charge is -2.03. The minimum Gasteiger partial charge on any atom is -0.478 e. The number of carboxylic acids is 1. The van der Waals surface area contributed by atoms with Gasteiger partial charge in [-0.15, -0.1) is 0 Å². The Hall–Kier alpha value is -2.89. The fourth-order valence-corrected chi connectivity index (χ4v) is 2.51. The van der Waals surface area contributed by atoms with E-state index in [-0.39, 0.29) is 5.56 Å². The third-order valence-corrected chi connectivity index (χ3v) is 3.71. The molecule has 23 heavy (non-hydrogen) atoms. The van der Waals surface area contributed by atoms with Gasteiger partial charge in [0.05, 0.1) is 23.5 Å². The Balaban J connectivity index is 1.83. The molecule has 6 heteroatoms. The van der Waals surface area contributed by atoms with Crippen LogP contribution in [0.4, 0.5) is 0 Å². The predicted molar refractivity (Wildman–Crippen MR) is 86.4 cm³/mol. The molecule has 0 aliphatic heterocycles. The minimum absolute atomic E-state index is 0.287. The largest absolute Gasteiger partial charge is 0.478 e. The first-order valence-electron chi connectivity index (χ1n) is 7.47. The first kappa shape index (κ1) is 15.0. The second-order valence-electron chi connectivity index (χ2n) is 5.39. The number of aromatic carboxylic acids is 1. The normalized spacial score (nSPS) is 10.9. The molecule has 1 N–H and O–H groups in total. The van der Waals surface area contributed by atoms with E-state index in [1.807, 2.05) is 43.1 Å². The third-order valence-electron chi connectivity index (χ3n) is 3.71. The van der Waals surface area contributed by atoms with Gasteiger partial charge in [-0.3, -0.25) is 9.36 Å². The topological polar surface area (TPSA) is 72.9 Å². The third kappa shape index (κ3) is 3.15. The maximum Gasteiger partial charge on any atom is 0.335 e. The van der Waals surface area contributed by atoms with Gasteiger partial charge in [0, 0.05) is 24.5 Å². The lowest BCUT2D eigenvalue weighted by atomic mass is 10.1. The van der Waals surface area contributed by atoms with Crippen molar-refractivity contribution in [1.82, 2.24) is 19.6 Å². The van der Waals surface area contributed by atoms with Gasteiger partial charge in [0.25, 0.3) is 0 Å². The van der Waals surface area contributed by atoms with Gasteiger partial charge in [0.15, 0.2) is 0 Å². The van der Waals surface area contributed by atoms with Crippen LogP contribution < -0.4 is 0 Å². The summed E-state index contributed by atoms with van der Waals surface area (Å²) in [5, 5.41) is 18.1. The Kier molecular flexibility index (Phi) is 3.97. The molecular formula is C17H18N4O2. The van der Waals surface area contributed by atoms with Gasteiger partial charge in [-0.1, -0.05) is 12.1 Å². The van der Waals surface area contributed by atoms with Crippen LogP contribution in [0, 0.1) is 6.92 Å². The summed E-state index contributed by atoms with van der Waals surface area (Å²) in [4.78, 5) is 11.0. The van der Waals surface area contributed by atoms with E-state index in [4.69, 9.17) is 5.11 Å². The molecule has 2 aromatic heterocycles. The second kappa shape index (κ2) is 6.08. The van der Waals surface area contributed by atoms with Crippen molar-refractivity contribution in [3.63, 3.8) is 0 Å². The molecule has 0 bridgehead atoms.